The third-order valence-electron chi connectivity index (χ3n) is 6.48. The topological polar surface area (TPSA) is 79.1 Å². The molecule has 41 heavy (non-hydrogen) atoms. The van der Waals surface area contributed by atoms with Gasteiger partial charge < -0.3 is 14.2 Å². The molecule has 9 heteroatoms. The number of methoxy groups -OCH3 is 1. The maximum Gasteiger partial charge on any atom is 0.338 e. The van der Waals surface area contributed by atoms with Crippen LogP contribution in [0.3, 0.4) is 0 Å². The Morgan fingerprint density at radius 1 is 1.10 bits per heavy atom. The Morgan fingerprint density at radius 2 is 1.85 bits per heavy atom. The van der Waals surface area contributed by atoms with Crippen LogP contribution in [0.2, 0.25) is 5.02 Å². The summed E-state index contributed by atoms with van der Waals surface area (Å²) in [4.78, 5) is 32.1. The molecule has 5 rings (SSSR count). The van der Waals surface area contributed by atoms with Crippen LogP contribution in [0.4, 0.5) is 0 Å². The predicted molar refractivity (Wildman–Crippen MR) is 160 cm³/mol. The fraction of sp³-hybridized carbons (Fsp3) is 0.156. The summed E-state index contributed by atoms with van der Waals surface area (Å²) in [6.45, 7) is 5.79. The molecular weight excluding hydrogens is 560 g/mol. The summed E-state index contributed by atoms with van der Waals surface area (Å²) in [6.07, 6.45) is 3.27. The highest BCUT2D eigenvalue weighted by atomic mass is 35.5. The molecule has 0 radical (unpaired) electrons. The number of carbonyl (C=O) groups excluding carboxylic acids is 1. The number of carbonyl (C=O) groups is 1. The van der Waals surface area contributed by atoms with E-state index in [4.69, 9.17) is 25.8 Å². The number of halogens is 1. The number of fused-ring (bicyclic) bond motifs is 1. The second-order valence-corrected chi connectivity index (χ2v) is 10.7. The average molecular weight is 587 g/mol. The molecule has 4 aromatic rings. The molecule has 1 atom stereocenters. The Bertz CT molecular complexity index is 1810. The molecule has 0 N–H and O–H groups in total. The molecule has 1 aromatic heterocycles. The number of allylic oxidation sites excluding steroid dienone is 1. The minimum Gasteiger partial charge on any atom is -0.493 e. The van der Waals surface area contributed by atoms with Gasteiger partial charge >= 0.3 is 5.97 Å². The van der Waals surface area contributed by atoms with Crippen molar-refractivity contribution in [2.45, 2.75) is 19.6 Å². The Morgan fingerprint density at radius 3 is 2.56 bits per heavy atom. The predicted octanol–water partition coefficient (Wildman–Crippen LogP) is 5.21. The molecule has 2 heterocycles. The molecule has 1 unspecified atom stereocenters. The number of rotatable bonds is 9. The van der Waals surface area contributed by atoms with Crippen LogP contribution in [0.25, 0.3) is 6.08 Å². The van der Waals surface area contributed by atoms with Gasteiger partial charge in [-0.25, -0.2) is 9.79 Å². The van der Waals surface area contributed by atoms with Gasteiger partial charge in [0.25, 0.3) is 5.56 Å². The van der Waals surface area contributed by atoms with E-state index in [1.165, 1.54) is 22.0 Å². The van der Waals surface area contributed by atoms with Crippen molar-refractivity contribution < 1.29 is 19.0 Å². The van der Waals surface area contributed by atoms with Crippen molar-refractivity contribution in [3.05, 3.63) is 138 Å². The van der Waals surface area contributed by atoms with Gasteiger partial charge in [-0.1, -0.05) is 84.1 Å². The monoisotopic (exact) mass is 586 g/mol. The highest BCUT2D eigenvalue weighted by Crippen LogP contribution is 2.32. The molecule has 1 aliphatic heterocycles. The largest absolute Gasteiger partial charge is 0.493 e. The number of aromatic nitrogens is 1. The summed E-state index contributed by atoms with van der Waals surface area (Å²) in [5, 5.41) is 0.544. The van der Waals surface area contributed by atoms with Crippen LogP contribution in [-0.4, -0.2) is 24.3 Å². The van der Waals surface area contributed by atoms with Gasteiger partial charge in [-0.15, -0.1) is 0 Å². The molecule has 7 nitrogen and oxygen atoms in total. The molecule has 0 spiro atoms. The summed E-state index contributed by atoms with van der Waals surface area (Å²) in [5.41, 5.74) is 2.99. The highest BCUT2D eigenvalue weighted by Gasteiger charge is 2.33. The van der Waals surface area contributed by atoms with Crippen molar-refractivity contribution in [2.75, 3.05) is 13.7 Å². The molecule has 0 aliphatic carbocycles. The van der Waals surface area contributed by atoms with Gasteiger partial charge in [0.15, 0.2) is 16.3 Å². The molecular formula is C32H27ClN2O5S. The van der Waals surface area contributed by atoms with Crippen molar-refractivity contribution in [1.82, 2.24) is 4.57 Å². The smallest absolute Gasteiger partial charge is 0.338 e. The second-order valence-electron chi connectivity index (χ2n) is 9.21. The lowest BCUT2D eigenvalue weighted by Crippen LogP contribution is -2.39. The van der Waals surface area contributed by atoms with Crippen molar-refractivity contribution in [3.8, 4) is 11.5 Å². The van der Waals surface area contributed by atoms with Gasteiger partial charge in [0.2, 0.25) is 0 Å². The third kappa shape index (κ3) is 6.04. The van der Waals surface area contributed by atoms with Crippen molar-refractivity contribution in [3.63, 3.8) is 0 Å². The van der Waals surface area contributed by atoms with Crippen LogP contribution in [0.1, 0.15) is 29.7 Å². The minimum absolute atomic E-state index is 0.0419. The lowest BCUT2D eigenvalue weighted by Gasteiger charge is -2.24. The van der Waals surface area contributed by atoms with E-state index in [1.807, 2.05) is 48.5 Å². The van der Waals surface area contributed by atoms with Crippen LogP contribution >= 0.6 is 22.9 Å². The normalized spacial score (nSPS) is 14.7. The van der Waals surface area contributed by atoms with E-state index in [0.29, 0.717) is 43.7 Å². The van der Waals surface area contributed by atoms with Gasteiger partial charge in [-0.05, 0) is 54.0 Å². The quantitative estimate of drug-likeness (QED) is 0.199. The van der Waals surface area contributed by atoms with Gasteiger partial charge in [0.05, 0.1) is 29.0 Å². The maximum atomic E-state index is 13.8. The Balaban J connectivity index is 1.55. The van der Waals surface area contributed by atoms with Gasteiger partial charge in [0.1, 0.15) is 13.2 Å². The van der Waals surface area contributed by atoms with E-state index in [9.17, 15) is 9.59 Å². The van der Waals surface area contributed by atoms with E-state index in [2.05, 4.69) is 11.6 Å². The van der Waals surface area contributed by atoms with Crippen LogP contribution < -0.4 is 24.4 Å². The van der Waals surface area contributed by atoms with E-state index < -0.39 is 12.0 Å². The summed E-state index contributed by atoms with van der Waals surface area (Å²) < 4.78 is 18.9. The molecule has 0 saturated carbocycles. The van der Waals surface area contributed by atoms with Gasteiger partial charge in [-0.3, -0.25) is 9.36 Å². The molecule has 0 fully saturated rings. The zero-order chi connectivity index (χ0) is 28.9. The van der Waals surface area contributed by atoms with Crippen molar-refractivity contribution >= 4 is 35.0 Å². The van der Waals surface area contributed by atoms with E-state index >= 15 is 0 Å². The molecule has 208 valence electrons. The fourth-order valence-electron chi connectivity index (χ4n) is 4.54. The number of thiazole rings is 1. The number of nitrogens with zero attached hydrogens (tertiary/aromatic N) is 2. The number of benzene rings is 3. The van der Waals surface area contributed by atoms with E-state index in [1.54, 1.807) is 44.4 Å². The van der Waals surface area contributed by atoms with Crippen LogP contribution in [0, 0.1) is 0 Å². The summed E-state index contributed by atoms with van der Waals surface area (Å²) in [5.74, 6) is 0.580. The highest BCUT2D eigenvalue weighted by molar-refractivity contribution is 7.07. The molecule has 3 aromatic carbocycles. The van der Waals surface area contributed by atoms with E-state index in [0.717, 1.165) is 11.1 Å². The minimum atomic E-state index is -0.730. The fourth-order valence-corrected chi connectivity index (χ4v) is 5.71. The Labute approximate surface area is 245 Å². The zero-order valence-corrected chi connectivity index (χ0v) is 24.1. The van der Waals surface area contributed by atoms with E-state index in [-0.39, 0.29) is 17.7 Å². The summed E-state index contributed by atoms with van der Waals surface area (Å²) >= 11 is 7.38. The van der Waals surface area contributed by atoms with Crippen LogP contribution in [0.15, 0.2) is 107 Å². The molecule has 0 saturated heterocycles. The summed E-state index contributed by atoms with van der Waals surface area (Å²) in [6, 6.07) is 21.7. The van der Waals surface area contributed by atoms with Crippen molar-refractivity contribution in [1.29, 1.82) is 0 Å². The number of ether oxygens (including phenoxy) is 3. The molecule has 1 aliphatic rings. The maximum absolute atomic E-state index is 13.8. The number of hydrogen-bond donors (Lipinski definition) is 0. The SMILES string of the molecule is C=CCOC(=O)C1=C(C)N=c2sc(=Cc3ccc(OCc4ccccc4)c(OC)c3)c(=O)n2C1c1ccc(Cl)cc1. The first kappa shape index (κ1) is 28.1. The van der Waals surface area contributed by atoms with Crippen molar-refractivity contribution in [2.24, 2.45) is 4.99 Å². The Kier molecular flexibility index (Phi) is 8.52. The second kappa shape index (κ2) is 12.4. The first-order chi connectivity index (χ1) is 19.9. The standard InChI is InChI=1S/C32H27ClN2O5S/c1-4-16-39-31(37)28-20(2)34-32-35(29(28)23-11-13-24(33)14-12-23)30(36)27(41-32)18-22-10-15-25(26(17-22)38-3)40-19-21-8-6-5-7-9-21/h4-15,17-18,29H,1,16,19H2,2-3H3. The number of hydrogen-bond acceptors (Lipinski definition) is 7. The lowest BCUT2D eigenvalue weighted by atomic mass is 9.96. The Hall–Kier alpha value is -4.40. The lowest BCUT2D eigenvalue weighted by molar-refractivity contribution is -0.138. The summed E-state index contributed by atoms with van der Waals surface area (Å²) in [7, 11) is 1.57. The van der Waals surface area contributed by atoms with Gasteiger partial charge in [-0.2, -0.15) is 0 Å². The third-order valence-corrected chi connectivity index (χ3v) is 7.72. The van der Waals surface area contributed by atoms with Crippen LogP contribution in [-0.2, 0) is 16.1 Å². The van der Waals surface area contributed by atoms with Crippen LogP contribution in [0.5, 0.6) is 11.5 Å². The molecule has 0 bridgehead atoms. The first-order valence-corrected chi connectivity index (χ1v) is 14.0. The zero-order valence-electron chi connectivity index (χ0n) is 22.5. The van der Waals surface area contributed by atoms with Gasteiger partial charge in [0, 0.05) is 5.02 Å². The number of esters is 1. The first-order valence-electron chi connectivity index (χ1n) is 12.8. The average Bonchev–Trinajstić information content (AvgIpc) is 3.29. The molecule has 0 amide bonds.